The van der Waals surface area contributed by atoms with Crippen molar-refractivity contribution in [3.05, 3.63) is 47.5 Å². The average molecular weight is 574 g/mol. The molecule has 0 atom stereocenters. The van der Waals surface area contributed by atoms with Crippen molar-refractivity contribution in [1.29, 1.82) is 0 Å². The zero-order valence-electron chi connectivity index (χ0n) is 14.8. The monoisotopic (exact) mass is 574 g/mol. The molecule has 0 aliphatic heterocycles. The molecule has 188 valence electrons. The van der Waals surface area contributed by atoms with Gasteiger partial charge in [0.1, 0.15) is 0 Å². The number of carbonyl (C=O) groups excluding carboxylic acids is 2. The third-order valence-electron chi connectivity index (χ3n) is 1.84. The first kappa shape index (κ1) is 39.0. The van der Waals surface area contributed by atoms with Crippen LogP contribution in [0, 0.1) is 0 Å². The molecule has 23 heteroatoms. The summed E-state index contributed by atoms with van der Waals surface area (Å²) in [4.78, 5) is 22.4. The van der Waals surface area contributed by atoms with Crippen molar-refractivity contribution in [3.63, 3.8) is 0 Å². The summed E-state index contributed by atoms with van der Waals surface area (Å²) in [5.41, 5.74) is 1.01. The Morgan fingerprint density at radius 1 is 0.455 bits per heavy atom. The fourth-order valence-corrected chi connectivity index (χ4v) is 1.24. The van der Waals surface area contributed by atoms with Crippen LogP contribution in [0.1, 0.15) is 20.7 Å². The molecule has 1 aliphatic rings. The topological polar surface area (TPSA) is 333 Å². The zero-order chi connectivity index (χ0) is 26.6. The molecule has 0 saturated carbocycles. The fraction of sp³-hybridized carbons (Fsp3) is 0. The summed E-state index contributed by atoms with van der Waals surface area (Å²) in [7, 11) is -18.7. The van der Waals surface area contributed by atoms with E-state index in [-0.39, 0.29) is 41.1 Å². The van der Waals surface area contributed by atoms with Gasteiger partial charge >= 0.3 is 71.2 Å². The van der Waals surface area contributed by atoms with E-state index in [0.717, 1.165) is 0 Å². The molecule has 0 radical (unpaired) electrons. The van der Waals surface area contributed by atoms with Gasteiger partial charge in [-0.1, -0.05) is 24.3 Å². The van der Waals surface area contributed by atoms with Crippen molar-refractivity contribution in [1.82, 2.24) is 0 Å². The molecule has 0 bridgehead atoms. The van der Waals surface area contributed by atoms with Gasteiger partial charge in [-0.15, -0.1) is 0 Å². The molecule has 1 aromatic carbocycles. The number of rotatable bonds is 0. The minimum atomic E-state index is -4.67. The van der Waals surface area contributed by atoms with E-state index < -0.39 is 41.6 Å². The Morgan fingerprint density at radius 3 is 0.758 bits per heavy atom. The van der Waals surface area contributed by atoms with E-state index in [9.17, 15) is 9.59 Å². The summed E-state index contributed by atoms with van der Waals surface area (Å²) in [5, 5.41) is 0. The molecule has 0 amide bonds. The van der Waals surface area contributed by atoms with E-state index in [1.54, 1.807) is 24.3 Å². The predicted octanol–water partition coefficient (Wildman–Crippen LogP) is -1.64. The Morgan fingerprint density at radius 2 is 0.606 bits per heavy atom. The van der Waals surface area contributed by atoms with Crippen LogP contribution in [0.15, 0.2) is 36.4 Å². The molecule has 0 spiro atoms. The molecule has 18 nitrogen and oxygen atoms in total. The number of hydrogen-bond acceptors (Lipinski definition) is 10. The first-order chi connectivity index (χ1) is 13.8. The van der Waals surface area contributed by atoms with Crippen molar-refractivity contribution in [2.45, 2.75) is 0 Å². The Labute approximate surface area is 208 Å². The Bertz CT molecular complexity index is 1040. The summed E-state index contributed by atoms with van der Waals surface area (Å²) in [6, 6.07) is 6.84. The number of ketones is 2. The van der Waals surface area contributed by atoms with E-state index in [0.29, 0.717) is 11.1 Å². The zero-order valence-corrected chi connectivity index (χ0v) is 18.0. The number of hydrogen-bond donors (Lipinski definition) is 8. The van der Waals surface area contributed by atoms with Crippen LogP contribution >= 0.6 is 0 Å². The second kappa shape index (κ2) is 16.4. The molecular weight excluding hydrogens is 559 g/mol. The molecular formula is C10H15NaO18S4. The maximum atomic E-state index is 11.2. The quantitative estimate of drug-likeness (QED) is 0.127. The molecule has 0 unspecified atom stereocenters. The van der Waals surface area contributed by atoms with Gasteiger partial charge in [-0.2, -0.15) is 33.7 Å². The molecule has 0 heterocycles. The SMILES string of the molecule is O=C1C=CC(=O)c2ccccc21.O=S(=O)(O)O.O=S(=O)(O)O.O=S(=O)(O)O.O=S(=O)(O)O.[NaH]. The van der Waals surface area contributed by atoms with Crippen LogP contribution in [0.2, 0.25) is 0 Å². The van der Waals surface area contributed by atoms with Gasteiger partial charge in [0, 0.05) is 11.1 Å². The summed E-state index contributed by atoms with van der Waals surface area (Å²) >= 11 is 0. The van der Waals surface area contributed by atoms with Gasteiger partial charge in [-0.3, -0.25) is 46.0 Å². The van der Waals surface area contributed by atoms with Gasteiger partial charge < -0.3 is 0 Å². The molecule has 0 aromatic heterocycles. The summed E-state index contributed by atoms with van der Waals surface area (Å²) in [5.74, 6) is -0.185. The van der Waals surface area contributed by atoms with Gasteiger partial charge in [0.2, 0.25) is 0 Å². The van der Waals surface area contributed by atoms with Crippen LogP contribution in [0.3, 0.4) is 0 Å². The van der Waals surface area contributed by atoms with E-state index in [2.05, 4.69) is 0 Å². The van der Waals surface area contributed by atoms with E-state index >= 15 is 0 Å². The normalized spacial score (nSPS) is 12.4. The van der Waals surface area contributed by atoms with Gasteiger partial charge in [-0.05, 0) is 12.2 Å². The molecule has 0 saturated heterocycles. The van der Waals surface area contributed by atoms with E-state index in [4.69, 9.17) is 70.1 Å². The van der Waals surface area contributed by atoms with Crippen molar-refractivity contribution in [2.24, 2.45) is 0 Å². The summed E-state index contributed by atoms with van der Waals surface area (Å²) < 4.78 is 126. The van der Waals surface area contributed by atoms with Gasteiger partial charge in [0.15, 0.2) is 11.6 Å². The van der Waals surface area contributed by atoms with Crippen molar-refractivity contribution < 1.29 is 79.7 Å². The molecule has 1 aliphatic carbocycles. The second-order valence-corrected chi connectivity index (χ2v) is 7.98. The van der Waals surface area contributed by atoms with Crippen molar-refractivity contribution in [2.75, 3.05) is 0 Å². The average Bonchev–Trinajstić information content (AvgIpc) is 2.45. The van der Waals surface area contributed by atoms with E-state index in [1.165, 1.54) is 12.2 Å². The Balaban J connectivity index is -0.000000173. The third-order valence-corrected chi connectivity index (χ3v) is 1.84. The maximum absolute atomic E-state index is 11.2. The molecule has 0 fully saturated rings. The first-order valence-corrected chi connectivity index (χ1v) is 12.0. The van der Waals surface area contributed by atoms with Gasteiger partial charge in [0.05, 0.1) is 0 Å². The molecule has 8 N–H and O–H groups in total. The first-order valence-electron chi connectivity index (χ1n) is 6.44. The summed E-state index contributed by atoms with van der Waals surface area (Å²) in [6.45, 7) is 0. The van der Waals surface area contributed by atoms with Crippen molar-refractivity contribution in [3.8, 4) is 0 Å². The van der Waals surface area contributed by atoms with Gasteiger partial charge in [0.25, 0.3) is 0 Å². The standard InChI is InChI=1S/C10H6O2.Na.4H2O4S.H/c11-9-5-6-10(12)8-4-2-1-3-7(8)9;;4*1-5(2,3)4;/h1-6H;;4*(H2,1,2,3,4);. The molecule has 2 rings (SSSR count). The number of benzene rings is 1. The fourth-order valence-electron chi connectivity index (χ4n) is 1.24. The number of allylic oxidation sites excluding steroid dienone is 2. The minimum absolute atomic E-state index is 0. The van der Waals surface area contributed by atoms with Crippen LogP contribution in [-0.2, 0) is 41.6 Å². The Hall–Kier alpha value is -1.22. The second-order valence-electron chi connectivity index (χ2n) is 4.40. The van der Waals surface area contributed by atoms with Crippen LogP contribution < -0.4 is 0 Å². The Kier molecular flexibility index (Phi) is 19.4. The molecule has 1 aromatic rings. The van der Waals surface area contributed by atoms with E-state index in [1.807, 2.05) is 0 Å². The third kappa shape index (κ3) is 49.1. The van der Waals surface area contributed by atoms with Crippen LogP contribution in [0.25, 0.3) is 0 Å². The van der Waals surface area contributed by atoms with Crippen LogP contribution in [0.5, 0.6) is 0 Å². The molecule has 33 heavy (non-hydrogen) atoms. The van der Waals surface area contributed by atoms with Crippen LogP contribution in [0.4, 0.5) is 0 Å². The number of carbonyl (C=O) groups is 2. The number of fused-ring (bicyclic) bond motifs is 1. The predicted molar refractivity (Wildman–Crippen MR) is 108 cm³/mol. The summed E-state index contributed by atoms with van der Waals surface area (Å²) in [6.07, 6.45) is 2.62. The van der Waals surface area contributed by atoms with Crippen LogP contribution in [-0.4, -0.2) is 111 Å². The van der Waals surface area contributed by atoms with Gasteiger partial charge in [-0.25, -0.2) is 0 Å². The van der Waals surface area contributed by atoms with Crippen molar-refractivity contribution >= 4 is 82.7 Å².